The molecule has 3 aromatic carbocycles. The molecular weight excluding hydrogens is 471 g/mol. The number of halogens is 3. The molecule has 0 saturated carbocycles. The normalized spacial score (nSPS) is 12.6. The van der Waals surface area contributed by atoms with Crippen LogP contribution in [0.4, 0.5) is 13.2 Å². The van der Waals surface area contributed by atoms with Gasteiger partial charge in [-0.15, -0.1) is 0 Å². The molecule has 34 heavy (non-hydrogen) atoms. The maximum absolute atomic E-state index is 13.2. The van der Waals surface area contributed by atoms with Crippen molar-refractivity contribution in [2.24, 2.45) is 0 Å². The van der Waals surface area contributed by atoms with Crippen LogP contribution in [0.3, 0.4) is 0 Å². The Morgan fingerprint density at radius 2 is 1.50 bits per heavy atom. The maximum atomic E-state index is 13.2. The van der Waals surface area contributed by atoms with Crippen molar-refractivity contribution in [2.75, 3.05) is 0 Å². The van der Waals surface area contributed by atoms with Gasteiger partial charge in [-0.2, -0.15) is 13.2 Å². The van der Waals surface area contributed by atoms with Crippen molar-refractivity contribution in [2.45, 2.75) is 35.4 Å². The number of esters is 1. The number of hydrogen-bond acceptors (Lipinski definition) is 5. The van der Waals surface area contributed by atoms with E-state index in [-0.39, 0.29) is 27.5 Å². The van der Waals surface area contributed by atoms with Gasteiger partial charge >= 0.3 is 18.1 Å². The Balaban J connectivity index is 1.78. The Hall–Kier alpha value is -3.66. The van der Waals surface area contributed by atoms with Crippen LogP contribution in [-0.2, 0) is 21.1 Å². The van der Waals surface area contributed by atoms with E-state index in [4.69, 9.17) is 4.74 Å². The van der Waals surface area contributed by atoms with E-state index in [0.717, 1.165) is 0 Å². The van der Waals surface area contributed by atoms with E-state index in [9.17, 15) is 31.2 Å². The van der Waals surface area contributed by atoms with Crippen LogP contribution in [0.15, 0.2) is 88.7 Å². The molecule has 1 atom stereocenters. The number of nitrogens with one attached hydrogen (secondary N) is 1. The summed E-state index contributed by atoms with van der Waals surface area (Å²) in [7, 11) is -4.04. The predicted octanol–water partition coefficient (Wildman–Crippen LogP) is 4.35. The number of rotatable bonds is 7. The van der Waals surface area contributed by atoms with Gasteiger partial charge in [-0.1, -0.05) is 36.4 Å². The highest BCUT2D eigenvalue weighted by Crippen LogP contribution is 2.27. The van der Waals surface area contributed by atoms with Gasteiger partial charge in [-0.3, -0.25) is 4.79 Å². The standard InChI is InChI=1S/C24H20F3NO5S/c1-16(28-23(30)24(25,26)27)15-18-9-5-6-10-21(18)34(31,32)20-13-11-19(12-14-20)33-22(29)17-7-3-2-4-8-17/h2-14,16H,15H2,1H3,(H,28,30). The van der Waals surface area contributed by atoms with E-state index in [1.165, 1.54) is 49.4 Å². The van der Waals surface area contributed by atoms with Gasteiger partial charge in [0.15, 0.2) is 0 Å². The highest BCUT2D eigenvalue weighted by Gasteiger charge is 2.39. The van der Waals surface area contributed by atoms with Crippen molar-refractivity contribution in [3.05, 3.63) is 90.0 Å². The fourth-order valence-corrected chi connectivity index (χ4v) is 4.68. The molecule has 10 heteroatoms. The number of benzene rings is 3. The SMILES string of the molecule is CC(Cc1ccccc1S(=O)(=O)c1ccc(OC(=O)c2ccccc2)cc1)NC(=O)C(F)(F)F. The van der Waals surface area contributed by atoms with Gasteiger partial charge in [0.05, 0.1) is 15.4 Å². The maximum Gasteiger partial charge on any atom is 0.471 e. The van der Waals surface area contributed by atoms with Crippen LogP contribution in [0.2, 0.25) is 0 Å². The first-order chi connectivity index (χ1) is 16.0. The molecule has 0 bridgehead atoms. The largest absolute Gasteiger partial charge is 0.471 e. The third kappa shape index (κ3) is 6.02. The van der Waals surface area contributed by atoms with Crippen molar-refractivity contribution < 1.29 is 35.9 Å². The van der Waals surface area contributed by atoms with Gasteiger partial charge in [-0.05, 0) is 61.4 Å². The Bertz CT molecular complexity index is 1270. The van der Waals surface area contributed by atoms with Crippen LogP contribution in [-0.4, -0.2) is 32.5 Å². The molecule has 3 rings (SSSR count). The van der Waals surface area contributed by atoms with Crippen molar-refractivity contribution in [1.82, 2.24) is 5.32 Å². The third-order valence-electron chi connectivity index (χ3n) is 4.78. The summed E-state index contributed by atoms with van der Waals surface area (Å²) in [6.07, 6.45) is -5.17. The summed E-state index contributed by atoms with van der Waals surface area (Å²) in [6.45, 7) is 1.35. The minimum Gasteiger partial charge on any atom is -0.423 e. The Kier molecular flexibility index (Phi) is 7.41. The van der Waals surface area contributed by atoms with Crippen LogP contribution in [0, 0.1) is 0 Å². The van der Waals surface area contributed by atoms with E-state index < -0.39 is 33.9 Å². The average Bonchev–Trinajstić information content (AvgIpc) is 2.79. The molecule has 0 aliphatic rings. The fourth-order valence-electron chi connectivity index (χ4n) is 3.18. The highest BCUT2D eigenvalue weighted by molar-refractivity contribution is 7.91. The van der Waals surface area contributed by atoms with Crippen LogP contribution in [0.25, 0.3) is 0 Å². The number of carbonyl (C=O) groups excluding carboxylic acids is 2. The number of hydrogen-bond donors (Lipinski definition) is 1. The fraction of sp³-hybridized carbons (Fsp3) is 0.167. The number of carbonyl (C=O) groups is 2. The topological polar surface area (TPSA) is 89.5 Å². The molecule has 0 aliphatic carbocycles. The van der Waals surface area contributed by atoms with Crippen LogP contribution < -0.4 is 10.1 Å². The van der Waals surface area contributed by atoms with Crippen molar-refractivity contribution >= 4 is 21.7 Å². The first-order valence-electron chi connectivity index (χ1n) is 10.1. The second-order valence-electron chi connectivity index (χ2n) is 7.41. The average molecular weight is 491 g/mol. The number of sulfone groups is 1. The minimum atomic E-state index is -5.04. The van der Waals surface area contributed by atoms with Gasteiger partial charge in [0.2, 0.25) is 9.84 Å². The molecule has 0 spiro atoms. The monoisotopic (exact) mass is 491 g/mol. The molecule has 1 amide bonds. The van der Waals surface area contributed by atoms with E-state index in [1.54, 1.807) is 36.4 Å². The van der Waals surface area contributed by atoms with Crippen molar-refractivity contribution in [3.8, 4) is 5.75 Å². The lowest BCUT2D eigenvalue weighted by Gasteiger charge is -2.17. The Morgan fingerprint density at radius 1 is 0.912 bits per heavy atom. The highest BCUT2D eigenvalue weighted by atomic mass is 32.2. The van der Waals surface area contributed by atoms with Crippen molar-refractivity contribution in [3.63, 3.8) is 0 Å². The van der Waals surface area contributed by atoms with Gasteiger partial charge in [0.1, 0.15) is 5.75 Å². The molecular formula is C24H20F3NO5S. The molecule has 0 aromatic heterocycles. The van der Waals surface area contributed by atoms with Crippen LogP contribution in [0.5, 0.6) is 5.75 Å². The second kappa shape index (κ2) is 10.1. The molecule has 3 aromatic rings. The van der Waals surface area contributed by atoms with Crippen LogP contribution >= 0.6 is 0 Å². The summed E-state index contributed by atoms with van der Waals surface area (Å²) in [5.41, 5.74) is 0.580. The summed E-state index contributed by atoms with van der Waals surface area (Å²) < 4.78 is 69.2. The lowest BCUT2D eigenvalue weighted by molar-refractivity contribution is -0.174. The minimum absolute atomic E-state index is 0.0913. The molecule has 0 fully saturated rings. The molecule has 0 aliphatic heterocycles. The number of amides is 1. The van der Waals surface area contributed by atoms with Crippen LogP contribution in [0.1, 0.15) is 22.8 Å². The predicted molar refractivity (Wildman–Crippen MR) is 117 cm³/mol. The van der Waals surface area contributed by atoms with Gasteiger partial charge in [0, 0.05) is 6.04 Å². The summed E-state index contributed by atoms with van der Waals surface area (Å²) in [5, 5.41) is 1.82. The lowest BCUT2D eigenvalue weighted by atomic mass is 10.1. The number of ether oxygens (including phenoxy) is 1. The lowest BCUT2D eigenvalue weighted by Crippen LogP contribution is -2.42. The van der Waals surface area contributed by atoms with Gasteiger partial charge < -0.3 is 10.1 Å². The first kappa shape index (κ1) is 25.0. The Morgan fingerprint density at radius 3 is 2.12 bits per heavy atom. The number of alkyl halides is 3. The summed E-state index contributed by atoms with van der Waals surface area (Å²) in [5.74, 6) is -2.55. The quantitative estimate of drug-likeness (QED) is 0.392. The zero-order valence-corrected chi connectivity index (χ0v) is 18.7. The second-order valence-corrected chi connectivity index (χ2v) is 9.33. The molecule has 0 saturated heterocycles. The molecule has 1 N–H and O–H groups in total. The van der Waals surface area contributed by atoms with E-state index in [1.807, 2.05) is 5.32 Å². The third-order valence-corrected chi connectivity index (χ3v) is 6.65. The molecule has 178 valence electrons. The Labute approximate surface area is 194 Å². The van der Waals surface area contributed by atoms with Gasteiger partial charge in [0.25, 0.3) is 0 Å². The summed E-state index contributed by atoms with van der Waals surface area (Å²) in [6, 6.07) is 18.4. The van der Waals surface area contributed by atoms with E-state index in [2.05, 4.69) is 0 Å². The summed E-state index contributed by atoms with van der Waals surface area (Å²) in [4.78, 5) is 23.1. The summed E-state index contributed by atoms with van der Waals surface area (Å²) >= 11 is 0. The zero-order chi connectivity index (χ0) is 24.9. The molecule has 6 nitrogen and oxygen atoms in total. The van der Waals surface area contributed by atoms with Crippen molar-refractivity contribution in [1.29, 1.82) is 0 Å². The molecule has 0 heterocycles. The van der Waals surface area contributed by atoms with Gasteiger partial charge in [-0.25, -0.2) is 13.2 Å². The van der Waals surface area contributed by atoms with E-state index >= 15 is 0 Å². The van der Waals surface area contributed by atoms with E-state index in [0.29, 0.717) is 5.56 Å². The smallest absolute Gasteiger partial charge is 0.423 e. The first-order valence-corrected chi connectivity index (χ1v) is 11.5. The molecule has 1 unspecified atom stereocenters. The molecule has 0 radical (unpaired) electrons. The zero-order valence-electron chi connectivity index (χ0n) is 17.9.